The van der Waals surface area contributed by atoms with Gasteiger partial charge in [0, 0.05) is 19.6 Å². The highest BCUT2D eigenvalue weighted by Crippen LogP contribution is 2.31. The van der Waals surface area contributed by atoms with Crippen LogP contribution in [0.3, 0.4) is 0 Å². The van der Waals surface area contributed by atoms with Crippen LogP contribution in [0.15, 0.2) is 12.4 Å². The summed E-state index contributed by atoms with van der Waals surface area (Å²) in [6.45, 7) is 7.53. The molecular weight excluding hydrogens is 224 g/mol. The molecular formula is C14H24N4. The Hall–Kier alpha value is -1.32. The SMILES string of the molecule is CCCNc1cncc(N(CCC)CC2CC2)n1. The summed E-state index contributed by atoms with van der Waals surface area (Å²) in [6, 6.07) is 0. The molecule has 0 aliphatic heterocycles. The van der Waals surface area contributed by atoms with Crippen LogP contribution in [0.2, 0.25) is 0 Å². The fraction of sp³-hybridized carbons (Fsp3) is 0.714. The summed E-state index contributed by atoms with van der Waals surface area (Å²) in [5.74, 6) is 2.79. The van der Waals surface area contributed by atoms with Crippen molar-refractivity contribution in [3.8, 4) is 0 Å². The minimum absolute atomic E-state index is 0.880. The van der Waals surface area contributed by atoms with Crippen LogP contribution in [0.5, 0.6) is 0 Å². The molecule has 1 fully saturated rings. The lowest BCUT2D eigenvalue weighted by Crippen LogP contribution is -2.27. The van der Waals surface area contributed by atoms with Crippen LogP contribution < -0.4 is 10.2 Å². The van der Waals surface area contributed by atoms with Gasteiger partial charge in [-0.25, -0.2) is 4.98 Å². The van der Waals surface area contributed by atoms with Gasteiger partial charge < -0.3 is 10.2 Å². The molecule has 1 aromatic rings. The summed E-state index contributed by atoms with van der Waals surface area (Å²) < 4.78 is 0. The number of anilines is 2. The van der Waals surface area contributed by atoms with Gasteiger partial charge >= 0.3 is 0 Å². The first-order valence-corrected chi connectivity index (χ1v) is 7.14. The van der Waals surface area contributed by atoms with Gasteiger partial charge in [-0.05, 0) is 31.6 Å². The first-order valence-electron chi connectivity index (χ1n) is 7.14. The molecule has 2 rings (SSSR count). The second-order valence-electron chi connectivity index (χ2n) is 5.08. The Morgan fingerprint density at radius 1 is 1.28 bits per heavy atom. The molecule has 0 spiro atoms. The molecule has 0 amide bonds. The van der Waals surface area contributed by atoms with Crippen LogP contribution in [0, 0.1) is 5.92 Å². The number of nitrogens with one attached hydrogen (secondary N) is 1. The molecule has 0 saturated heterocycles. The number of nitrogens with zero attached hydrogens (tertiary/aromatic N) is 3. The lowest BCUT2D eigenvalue weighted by Gasteiger charge is -2.23. The summed E-state index contributed by atoms with van der Waals surface area (Å²) in [4.78, 5) is 11.3. The smallest absolute Gasteiger partial charge is 0.149 e. The van der Waals surface area contributed by atoms with Crippen molar-refractivity contribution in [2.45, 2.75) is 39.5 Å². The third kappa shape index (κ3) is 3.86. The van der Waals surface area contributed by atoms with Crippen LogP contribution in [-0.4, -0.2) is 29.6 Å². The van der Waals surface area contributed by atoms with Gasteiger partial charge in [0.15, 0.2) is 0 Å². The second-order valence-corrected chi connectivity index (χ2v) is 5.08. The molecule has 1 saturated carbocycles. The molecule has 0 bridgehead atoms. The van der Waals surface area contributed by atoms with Crippen molar-refractivity contribution in [3.63, 3.8) is 0 Å². The molecule has 1 aliphatic rings. The van der Waals surface area contributed by atoms with Crippen molar-refractivity contribution in [1.29, 1.82) is 0 Å². The van der Waals surface area contributed by atoms with E-state index in [-0.39, 0.29) is 0 Å². The third-order valence-corrected chi connectivity index (χ3v) is 3.17. The predicted octanol–water partition coefficient (Wildman–Crippen LogP) is 2.92. The van der Waals surface area contributed by atoms with Gasteiger partial charge in [0.2, 0.25) is 0 Å². The Bertz CT molecular complexity index is 363. The van der Waals surface area contributed by atoms with E-state index >= 15 is 0 Å². The molecule has 100 valence electrons. The zero-order valence-electron chi connectivity index (χ0n) is 11.5. The molecule has 0 atom stereocenters. The van der Waals surface area contributed by atoms with Crippen molar-refractivity contribution >= 4 is 11.6 Å². The lowest BCUT2D eigenvalue weighted by molar-refractivity contribution is 0.697. The van der Waals surface area contributed by atoms with Crippen molar-refractivity contribution in [2.75, 3.05) is 29.9 Å². The van der Waals surface area contributed by atoms with Crippen LogP contribution >= 0.6 is 0 Å². The topological polar surface area (TPSA) is 41.1 Å². The van der Waals surface area contributed by atoms with E-state index in [0.29, 0.717) is 0 Å². The van der Waals surface area contributed by atoms with E-state index in [1.165, 1.54) is 12.8 Å². The van der Waals surface area contributed by atoms with Crippen LogP contribution in [0.1, 0.15) is 39.5 Å². The molecule has 1 N–H and O–H groups in total. The van der Waals surface area contributed by atoms with Crippen molar-refractivity contribution in [1.82, 2.24) is 9.97 Å². The minimum Gasteiger partial charge on any atom is -0.369 e. The maximum Gasteiger partial charge on any atom is 0.149 e. The first kappa shape index (κ1) is 13.1. The summed E-state index contributed by atoms with van der Waals surface area (Å²) in [5, 5.41) is 3.30. The average molecular weight is 248 g/mol. The molecule has 0 radical (unpaired) electrons. The quantitative estimate of drug-likeness (QED) is 0.768. The van der Waals surface area contributed by atoms with Crippen molar-refractivity contribution in [3.05, 3.63) is 12.4 Å². The van der Waals surface area contributed by atoms with E-state index < -0.39 is 0 Å². The molecule has 1 heterocycles. The number of hydrogen-bond donors (Lipinski definition) is 1. The normalized spacial score (nSPS) is 14.6. The first-order chi connectivity index (χ1) is 8.83. The summed E-state index contributed by atoms with van der Waals surface area (Å²) >= 11 is 0. The predicted molar refractivity (Wildman–Crippen MR) is 76.0 cm³/mol. The minimum atomic E-state index is 0.880. The fourth-order valence-electron chi connectivity index (χ4n) is 2.03. The van der Waals surface area contributed by atoms with Gasteiger partial charge in [0.05, 0.1) is 12.4 Å². The van der Waals surface area contributed by atoms with E-state index in [9.17, 15) is 0 Å². The Balaban J connectivity index is 2.02. The summed E-state index contributed by atoms with van der Waals surface area (Å²) in [5.41, 5.74) is 0. The van der Waals surface area contributed by atoms with Gasteiger partial charge in [-0.2, -0.15) is 0 Å². The Morgan fingerprint density at radius 2 is 2.11 bits per heavy atom. The van der Waals surface area contributed by atoms with Gasteiger partial charge in [-0.3, -0.25) is 4.98 Å². The highest BCUT2D eigenvalue weighted by Gasteiger charge is 2.24. The number of hydrogen-bond acceptors (Lipinski definition) is 4. The fourth-order valence-corrected chi connectivity index (χ4v) is 2.03. The standard InChI is InChI=1S/C14H24N4/c1-3-7-16-13-9-15-10-14(17-13)18(8-4-2)11-12-5-6-12/h9-10,12H,3-8,11H2,1-2H3,(H,16,17). The van der Waals surface area contributed by atoms with Crippen LogP contribution in [-0.2, 0) is 0 Å². The lowest BCUT2D eigenvalue weighted by atomic mass is 10.3. The zero-order chi connectivity index (χ0) is 12.8. The van der Waals surface area contributed by atoms with E-state index in [0.717, 1.165) is 50.0 Å². The van der Waals surface area contributed by atoms with Crippen LogP contribution in [0.4, 0.5) is 11.6 Å². The molecule has 4 heteroatoms. The highest BCUT2D eigenvalue weighted by molar-refractivity contribution is 5.44. The van der Waals surface area contributed by atoms with Gasteiger partial charge in [-0.1, -0.05) is 13.8 Å². The van der Waals surface area contributed by atoms with Crippen molar-refractivity contribution in [2.24, 2.45) is 5.92 Å². The van der Waals surface area contributed by atoms with E-state index in [2.05, 4.69) is 34.0 Å². The van der Waals surface area contributed by atoms with Crippen molar-refractivity contribution < 1.29 is 0 Å². The zero-order valence-corrected chi connectivity index (χ0v) is 11.5. The maximum atomic E-state index is 4.66. The van der Waals surface area contributed by atoms with E-state index in [4.69, 9.17) is 0 Å². The highest BCUT2D eigenvalue weighted by atomic mass is 15.2. The summed E-state index contributed by atoms with van der Waals surface area (Å²) in [6.07, 6.45) is 8.70. The average Bonchev–Trinajstić information content (AvgIpc) is 3.20. The van der Waals surface area contributed by atoms with E-state index in [1.807, 2.05) is 6.20 Å². The Morgan fingerprint density at radius 3 is 2.78 bits per heavy atom. The Labute approximate surface area is 110 Å². The van der Waals surface area contributed by atoms with Crippen LogP contribution in [0.25, 0.3) is 0 Å². The summed E-state index contributed by atoms with van der Waals surface area (Å²) in [7, 11) is 0. The van der Waals surface area contributed by atoms with Gasteiger partial charge in [0.25, 0.3) is 0 Å². The second kappa shape index (κ2) is 6.57. The molecule has 0 unspecified atom stereocenters. The van der Waals surface area contributed by atoms with E-state index in [1.54, 1.807) is 6.20 Å². The monoisotopic (exact) mass is 248 g/mol. The van der Waals surface area contributed by atoms with Gasteiger partial charge in [0.1, 0.15) is 11.6 Å². The maximum absolute atomic E-state index is 4.66. The molecule has 1 aromatic heterocycles. The number of rotatable bonds is 8. The molecule has 4 nitrogen and oxygen atoms in total. The molecule has 0 aromatic carbocycles. The molecule has 1 aliphatic carbocycles. The number of aromatic nitrogens is 2. The van der Waals surface area contributed by atoms with Gasteiger partial charge in [-0.15, -0.1) is 0 Å². The largest absolute Gasteiger partial charge is 0.369 e. The third-order valence-electron chi connectivity index (χ3n) is 3.17. The Kier molecular flexibility index (Phi) is 4.79. The molecule has 18 heavy (non-hydrogen) atoms.